The second-order valence-electron chi connectivity index (χ2n) is 4.17. The molecule has 2 aromatic carbocycles. The molecule has 1 aromatic heterocycles. The van der Waals surface area contributed by atoms with E-state index in [1.54, 1.807) is 11.3 Å². The van der Waals surface area contributed by atoms with E-state index in [4.69, 9.17) is 0 Å². The topological polar surface area (TPSA) is 30.0 Å². The molecule has 0 unspecified atom stereocenters. The standard InChI is InChI=1S/C15H10BrNOS2/c16-11-7-5-10(6-8-11)13(18)9-19-15-17-12-3-1-2-4-14(12)20-15/h1-8H,9H2. The van der Waals surface area contributed by atoms with Crippen LogP contribution in [0.2, 0.25) is 0 Å². The van der Waals surface area contributed by atoms with Crippen molar-refractivity contribution in [2.45, 2.75) is 4.34 Å². The van der Waals surface area contributed by atoms with Gasteiger partial charge >= 0.3 is 0 Å². The van der Waals surface area contributed by atoms with E-state index in [1.807, 2.05) is 48.5 Å². The zero-order valence-electron chi connectivity index (χ0n) is 10.4. The van der Waals surface area contributed by atoms with Crippen LogP contribution < -0.4 is 0 Å². The molecule has 0 spiro atoms. The zero-order chi connectivity index (χ0) is 13.9. The minimum atomic E-state index is 0.127. The van der Waals surface area contributed by atoms with E-state index in [9.17, 15) is 4.79 Å². The number of nitrogens with zero attached hydrogens (tertiary/aromatic N) is 1. The third-order valence-electron chi connectivity index (χ3n) is 2.77. The molecule has 0 N–H and O–H groups in total. The summed E-state index contributed by atoms with van der Waals surface area (Å²) in [6.07, 6.45) is 0. The van der Waals surface area contributed by atoms with E-state index < -0.39 is 0 Å². The van der Waals surface area contributed by atoms with Crippen LogP contribution in [-0.2, 0) is 0 Å². The first kappa shape index (κ1) is 13.8. The maximum atomic E-state index is 12.1. The van der Waals surface area contributed by atoms with Gasteiger partial charge in [0.05, 0.1) is 16.0 Å². The summed E-state index contributed by atoms with van der Waals surface area (Å²) < 4.78 is 3.08. The number of carbonyl (C=O) groups excluding carboxylic acids is 1. The van der Waals surface area contributed by atoms with Crippen molar-refractivity contribution in [2.75, 3.05) is 5.75 Å². The lowest BCUT2D eigenvalue weighted by atomic mass is 10.2. The fraction of sp³-hybridized carbons (Fsp3) is 0.0667. The normalized spacial score (nSPS) is 10.8. The predicted molar refractivity (Wildman–Crippen MR) is 88.8 cm³/mol. The van der Waals surface area contributed by atoms with Crippen molar-refractivity contribution < 1.29 is 4.79 Å². The largest absolute Gasteiger partial charge is 0.293 e. The van der Waals surface area contributed by atoms with E-state index in [0.29, 0.717) is 5.75 Å². The molecular weight excluding hydrogens is 354 g/mol. The number of aromatic nitrogens is 1. The van der Waals surface area contributed by atoms with Crippen LogP contribution in [0.4, 0.5) is 0 Å². The molecule has 0 aliphatic heterocycles. The molecule has 0 bridgehead atoms. The van der Waals surface area contributed by atoms with Gasteiger partial charge in [0, 0.05) is 10.0 Å². The average Bonchev–Trinajstić information content (AvgIpc) is 2.88. The summed E-state index contributed by atoms with van der Waals surface area (Å²) in [7, 11) is 0. The number of hydrogen-bond acceptors (Lipinski definition) is 4. The van der Waals surface area contributed by atoms with Crippen molar-refractivity contribution in [3.8, 4) is 0 Å². The molecule has 20 heavy (non-hydrogen) atoms. The molecule has 0 saturated heterocycles. The molecule has 0 fully saturated rings. The number of hydrogen-bond donors (Lipinski definition) is 0. The molecule has 0 saturated carbocycles. The summed E-state index contributed by atoms with van der Waals surface area (Å²) in [4.78, 5) is 16.6. The van der Waals surface area contributed by atoms with Crippen molar-refractivity contribution in [3.05, 3.63) is 58.6 Å². The minimum Gasteiger partial charge on any atom is -0.293 e. The molecule has 3 aromatic rings. The van der Waals surface area contributed by atoms with Crippen molar-refractivity contribution in [1.29, 1.82) is 0 Å². The third kappa shape index (κ3) is 3.11. The highest BCUT2D eigenvalue weighted by Gasteiger charge is 2.09. The Kier molecular flexibility index (Phi) is 4.19. The van der Waals surface area contributed by atoms with Crippen LogP contribution in [-0.4, -0.2) is 16.5 Å². The minimum absolute atomic E-state index is 0.127. The fourth-order valence-electron chi connectivity index (χ4n) is 1.76. The number of Topliss-reactive ketones (excluding diaryl/α,β-unsaturated/α-hetero) is 1. The number of para-hydroxylation sites is 1. The van der Waals surface area contributed by atoms with Gasteiger partial charge < -0.3 is 0 Å². The van der Waals surface area contributed by atoms with Crippen LogP contribution in [0, 0.1) is 0 Å². The predicted octanol–water partition coefficient (Wildman–Crippen LogP) is 5.03. The Bertz CT molecular complexity index is 719. The van der Waals surface area contributed by atoms with Gasteiger partial charge in [-0.05, 0) is 24.3 Å². The lowest BCUT2D eigenvalue weighted by molar-refractivity contribution is 0.102. The van der Waals surface area contributed by atoms with Gasteiger partial charge in [-0.25, -0.2) is 4.98 Å². The highest BCUT2D eigenvalue weighted by molar-refractivity contribution is 9.10. The van der Waals surface area contributed by atoms with Crippen molar-refractivity contribution in [2.24, 2.45) is 0 Å². The van der Waals surface area contributed by atoms with E-state index >= 15 is 0 Å². The first-order chi connectivity index (χ1) is 9.72. The maximum Gasteiger partial charge on any atom is 0.173 e. The number of fused-ring (bicyclic) bond motifs is 1. The fourth-order valence-corrected chi connectivity index (χ4v) is 3.99. The van der Waals surface area contributed by atoms with E-state index in [1.165, 1.54) is 11.8 Å². The molecule has 2 nitrogen and oxygen atoms in total. The smallest absolute Gasteiger partial charge is 0.173 e. The quantitative estimate of drug-likeness (QED) is 0.480. The molecule has 0 radical (unpaired) electrons. The van der Waals surface area contributed by atoms with Crippen LogP contribution in [0.5, 0.6) is 0 Å². The molecule has 3 rings (SSSR count). The Morgan fingerprint density at radius 2 is 1.90 bits per heavy atom. The molecular formula is C15H10BrNOS2. The summed E-state index contributed by atoms with van der Waals surface area (Å²) in [6.45, 7) is 0. The second-order valence-corrected chi connectivity index (χ2v) is 7.34. The van der Waals surface area contributed by atoms with Gasteiger partial charge in [-0.15, -0.1) is 11.3 Å². The van der Waals surface area contributed by atoms with Gasteiger partial charge in [0.1, 0.15) is 0 Å². The number of ketones is 1. The number of halogens is 1. The van der Waals surface area contributed by atoms with E-state index in [-0.39, 0.29) is 5.78 Å². The summed E-state index contributed by atoms with van der Waals surface area (Å²) >= 11 is 6.49. The zero-order valence-corrected chi connectivity index (χ0v) is 13.6. The SMILES string of the molecule is O=C(CSc1nc2ccccc2s1)c1ccc(Br)cc1. The van der Waals surface area contributed by atoms with Crippen molar-refractivity contribution in [3.63, 3.8) is 0 Å². The van der Waals surface area contributed by atoms with Crippen LogP contribution in [0.25, 0.3) is 10.2 Å². The highest BCUT2D eigenvalue weighted by Crippen LogP contribution is 2.29. The van der Waals surface area contributed by atoms with Gasteiger partial charge in [-0.3, -0.25) is 4.79 Å². The third-order valence-corrected chi connectivity index (χ3v) is 5.48. The van der Waals surface area contributed by atoms with Crippen LogP contribution in [0.1, 0.15) is 10.4 Å². The highest BCUT2D eigenvalue weighted by atomic mass is 79.9. The summed E-state index contributed by atoms with van der Waals surface area (Å²) in [5.74, 6) is 0.545. The summed E-state index contributed by atoms with van der Waals surface area (Å²) in [6, 6.07) is 15.5. The molecule has 100 valence electrons. The number of rotatable bonds is 4. The number of benzene rings is 2. The molecule has 0 aliphatic carbocycles. The molecule has 1 heterocycles. The molecule has 0 amide bonds. The average molecular weight is 364 g/mol. The Morgan fingerprint density at radius 3 is 2.65 bits per heavy atom. The molecule has 5 heteroatoms. The lowest BCUT2D eigenvalue weighted by Gasteiger charge is -1.99. The van der Waals surface area contributed by atoms with Crippen LogP contribution in [0.3, 0.4) is 0 Å². The maximum absolute atomic E-state index is 12.1. The van der Waals surface area contributed by atoms with Gasteiger partial charge in [0.2, 0.25) is 0 Å². The summed E-state index contributed by atoms with van der Waals surface area (Å²) in [5.41, 5.74) is 1.73. The van der Waals surface area contributed by atoms with E-state index in [0.717, 1.165) is 24.6 Å². The Balaban J connectivity index is 1.69. The Labute approximate surface area is 133 Å². The van der Waals surface area contributed by atoms with E-state index in [2.05, 4.69) is 20.9 Å². The monoisotopic (exact) mass is 363 g/mol. The van der Waals surface area contributed by atoms with Gasteiger partial charge in [-0.2, -0.15) is 0 Å². The lowest BCUT2D eigenvalue weighted by Crippen LogP contribution is -2.01. The number of thioether (sulfide) groups is 1. The Hall–Kier alpha value is -1.17. The number of thiazole rings is 1. The first-order valence-electron chi connectivity index (χ1n) is 5.99. The summed E-state index contributed by atoms with van der Waals surface area (Å²) in [5, 5.41) is 0. The van der Waals surface area contributed by atoms with Gasteiger partial charge in [0.15, 0.2) is 10.1 Å². The molecule has 0 atom stereocenters. The van der Waals surface area contributed by atoms with Crippen LogP contribution in [0.15, 0.2) is 57.3 Å². The first-order valence-corrected chi connectivity index (χ1v) is 8.59. The van der Waals surface area contributed by atoms with Crippen LogP contribution >= 0.6 is 39.0 Å². The Morgan fingerprint density at radius 1 is 1.15 bits per heavy atom. The number of carbonyl (C=O) groups is 1. The second kappa shape index (κ2) is 6.08. The van der Waals surface area contributed by atoms with Gasteiger partial charge in [0.25, 0.3) is 0 Å². The molecule has 0 aliphatic rings. The van der Waals surface area contributed by atoms with Crippen molar-refractivity contribution >= 4 is 55.0 Å². The van der Waals surface area contributed by atoms with Crippen molar-refractivity contribution in [1.82, 2.24) is 4.98 Å². The van der Waals surface area contributed by atoms with Gasteiger partial charge in [-0.1, -0.05) is 52.0 Å².